The van der Waals surface area contributed by atoms with Crippen LogP contribution in [0.4, 0.5) is 0 Å². The second-order valence-corrected chi connectivity index (χ2v) is 4.73. The Morgan fingerprint density at radius 2 is 2.07 bits per heavy atom. The second-order valence-electron chi connectivity index (χ2n) is 4.73. The lowest BCUT2D eigenvalue weighted by atomic mass is 9.82. The molecular formula is C12H20N2O. The van der Waals surface area contributed by atoms with Crippen LogP contribution in [0.5, 0.6) is 0 Å². The third-order valence-corrected chi connectivity index (χ3v) is 3.17. The van der Waals surface area contributed by atoms with Crippen molar-refractivity contribution in [3.8, 4) is 6.07 Å². The van der Waals surface area contributed by atoms with Crippen LogP contribution in [0.3, 0.4) is 0 Å². The fraction of sp³-hybridized carbons (Fsp3) is 0.833. The van der Waals surface area contributed by atoms with Crippen molar-refractivity contribution in [1.29, 1.82) is 5.26 Å². The third-order valence-electron chi connectivity index (χ3n) is 3.17. The van der Waals surface area contributed by atoms with Gasteiger partial charge in [-0.05, 0) is 38.5 Å². The largest absolute Gasteiger partial charge is 0.352 e. The molecule has 84 valence electrons. The van der Waals surface area contributed by atoms with Crippen LogP contribution in [0.25, 0.3) is 0 Å². The maximum atomic E-state index is 11.8. The van der Waals surface area contributed by atoms with Crippen LogP contribution in [0.2, 0.25) is 0 Å². The van der Waals surface area contributed by atoms with Crippen LogP contribution >= 0.6 is 0 Å². The lowest BCUT2D eigenvalue weighted by molar-refractivity contribution is -0.126. The molecule has 0 aromatic heterocycles. The molecule has 1 atom stereocenters. The lowest BCUT2D eigenvalue weighted by Gasteiger charge is -2.26. The summed E-state index contributed by atoms with van der Waals surface area (Å²) in [6.07, 6.45) is 4.73. The minimum atomic E-state index is -0.0122. The number of amides is 1. The van der Waals surface area contributed by atoms with E-state index in [4.69, 9.17) is 5.26 Å². The molecule has 0 aliphatic heterocycles. The van der Waals surface area contributed by atoms with E-state index in [-0.39, 0.29) is 17.9 Å². The average Bonchev–Trinajstić information content (AvgIpc) is 2.18. The summed E-state index contributed by atoms with van der Waals surface area (Å²) in [7, 11) is 0. The van der Waals surface area contributed by atoms with Gasteiger partial charge in [0.05, 0.1) is 12.5 Å². The van der Waals surface area contributed by atoms with E-state index < -0.39 is 0 Å². The highest BCUT2D eigenvalue weighted by Crippen LogP contribution is 2.28. The van der Waals surface area contributed by atoms with Crippen molar-refractivity contribution in [2.75, 3.05) is 0 Å². The van der Waals surface area contributed by atoms with Crippen molar-refractivity contribution in [3.63, 3.8) is 0 Å². The predicted octanol–water partition coefficient (Wildman–Crippen LogP) is 2.23. The summed E-state index contributed by atoms with van der Waals surface area (Å²) in [5.41, 5.74) is 0. The van der Waals surface area contributed by atoms with Gasteiger partial charge in [-0.2, -0.15) is 5.26 Å². The molecule has 0 bridgehead atoms. The van der Waals surface area contributed by atoms with Gasteiger partial charge in [-0.1, -0.05) is 6.92 Å². The zero-order valence-electron chi connectivity index (χ0n) is 9.62. The number of carbonyl (C=O) groups is 1. The third kappa shape index (κ3) is 3.91. The number of hydrogen-bond acceptors (Lipinski definition) is 2. The summed E-state index contributed by atoms with van der Waals surface area (Å²) in [6, 6.07) is 2.06. The molecule has 1 fully saturated rings. The van der Waals surface area contributed by atoms with Gasteiger partial charge in [0.1, 0.15) is 0 Å². The Labute approximate surface area is 91.9 Å². The Hall–Kier alpha value is -1.04. The summed E-state index contributed by atoms with van der Waals surface area (Å²) in [5, 5.41) is 11.4. The first-order chi connectivity index (χ1) is 7.13. The second kappa shape index (κ2) is 5.75. The highest BCUT2D eigenvalue weighted by Gasteiger charge is 2.24. The number of carbonyl (C=O) groups excluding carboxylic acids is 1. The molecule has 1 amide bonds. The summed E-state index contributed by atoms with van der Waals surface area (Å²) < 4.78 is 0. The van der Waals surface area contributed by atoms with E-state index in [9.17, 15) is 4.79 Å². The Balaban J connectivity index is 2.31. The van der Waals surface area contributed by atoms with Crippen LogP contribution < -0.4 is 5.32 Å². The Kier molecular flexibility index (Phi) is 4.61. The molecule has 1 saturated carbocycles. The van der Waals surface area contributed by atoms with Crippen molar-refractivity contribution >= 4 is 5.91 Å². The molecule has 0 saturated heterocycles. The smallest absolute Gasteiger partial charge is 0.223 e. The first kappa shape index (κ1) is 12.0. The summed E-state index contributed by atoms with van der Waals surface area (Å²) in [5.74, 6) is 1.09. The van der Waals surface area contributed by atoms with Crippen molar-refractivity contribution in [2.45, 2.75) is 52.0 Å². The van der Waals surface area contributed by atoms with Gasteiger partial charge in [-0.15, -0.1) is 0 Å². The van der Waals surface area contributed by atoms with E-state index in [1.165, 1.54) is 0 Å². The fourth-order valence-electron chi connectivity index (χ4n) is 2.07. The Morgan fingerprint density at radius 3 is 2.60 bits per heavy atom. The monoisotopic (exact) mass is 208 g/mol. The molecule has 3 nitrogen and oxygen atoms in total. The van der Waals surface area contributed by atoms with Gasteiger partial charge < -0.3 is 5.32 Å². The first-order valence-electron chi connectivity index (χ1n) is 5.80. The summed E-state index contributed by atoms with van der Waals surface area (Å²) >= 11 is 0. The number of nitrogens with zero attached hydrogens (tertiary/aromatic N) is 1. The molecular weight excluding hydrogens is 188 g/mol. The van der Waals surface area contributed by atoms with Gasteiger partial charge in [0.25, 0.3) is 0 Å². The zero-order valence-corrected chi connectivity index (χ0v) is 9.62. The molecule has 3 heteroatoms. The van der Waals surface area contributed by atoms with Crippen LogP contribution in [0.1, 0.15) is 46.0 Å². The maximum Gasteiger partial charge on any atom is 0.223 e. The number of hydrogen-bond donors (Lipinski definition) is 1. The normalized spacial score (nSPS) is 27.8. The predicted molar refractivity (Wildman–Crippen MR) is 59.0 cm³/mol. The van der Waals surface area contributed by atoms with Crippen molar-refractivity contribution in [3.05, 3.63) is 0 Å². The standard InChI is InChI=1S/C12H20N2O/c1-9-3-5-11(6-4-9)12(15)14-10(2)7-8-13/h9-11H,3-7H2,1-2H3,(H,14,15). The van der Waals surface area contributed by atoms with Crippen LogP contribution in [0, 0.1) is 23.2 Å². The summed E-state index contributed by atoms with van der Waals surface area (Å²) in [6.45, 7) is 4.12. The molecule has 15 heavy (non-hydrogen) atoms. The van der Waals surface area contributed by atoms with Crippen LogP contribution in [0.15, 0.2) is 0 Å². The van der Waals surface area contributed by atoms with Gasteiger partial charge in [-0.25, -0.2) is 0 Å². The molecule has 1 N–H and O–H groups in total. The number of nitriles is 1. The zero-order chi connectivity index (χ0) is 11.3. The van der Waals surface area contributed by atoms with Gasteiger partial charge in [-0.3, -0.25) is 4.79 Å². The van der Waals surface area contributed by atoms with E-state index in [1.807, 2.05) is 6.92 Å². The first-order valence-corrected chi connectivity index (χ1v) is 5.80. The molecule has 0 radical (unpaired) electrons. The molecule has 1 rings (SSSR count). The topological polar surface area (TPSA) is 52.9 Å². The van der Waals surface area contributed by atoms with Gasteiger partial charge in [0.2, 0.25) is 5.91 Å². The minimum absolute atomic E-state index is 0.0122. The van der Waals surface area contributed by atoms with E-state index in [2.05, 4.69) is 18.3 Å². The van der Waals surface area contributed by atoms with E-state index in [0.29, 0.717) is 6.42 Å². The fourth-order valence-corrected chi connectivity index (χ4v) is 2.07. The van der Waals surface area contributed by atoms with Crippen LogP contribution in [-0.4, -0.2) is 11.9 Å². The van der Waals surface area contributed by atoms with E-state index >= 15 is 0 Å². The van der Waals surface area contributed by atoms with Crippen molar-refractivity contribution in [1.82, 2.24) is 5.32 Å². The SMILES string of the molecule is CC1CCC(C(=O)NC(C)CC#N)CC1. The highest BCUT2D eigenvalue weighted by molar-refractivity contribution is 5.79. The Bertz CT molecular complexity index is 249. The molecule has 0 aromatic carbocycles. The molecule has 0 spiro atoms. The minimum Gasteiger partial charge on any atom is -0.352 e. The molecule has 1 unspecified atom stereocenters. The average molecular weight is 208 g/mol. The molecule has 1 aliphatic carbocycles. The van der Waals surface area contributed by atoms with E-state index in [0.717, 1.165) is 31.6 Å². The number of nitrogens with one attached hydrogen (secondary N) is 1. The number of rotatable bonds is 3. The van der Waals surface area contributed by atoms with Gasteiger partial charge >= 0.3 is 0 Å². The van der Waals surface area contributed by atoms with Gasteiger partial charge in [0, 0.05) is 12.0 Å². The van der Waals surface area contributed by atoms with Crippen molar-refractivity contribution < 1.29 is 4.79 Å². The molecule has 0 heterocycles. The quantitative estimate of drug-likeness (QED) is 0.773. The van der Waals surface area contributed by atoms with Crippen molar-refractivity contribution in [2.24, 2.45) is 11.8 Å². The van der Waals surface area contributed by atoms with Gasteiger partial charge in [0.15, 0.2) is 0 Å². The maximum absolute atomic E-state index is 11.8. The Morgan fingerprint density at radius 1 is 1.47 bits per heavy atom. The molecule has 1 aliphatic rings. The van der Waals surface area contributed by atoms with Crippen LogP contribution in [-0.2, 0) is 4.79 Å². The lowest BCUT2D eigenvalue weighted by Crippen LogP contribution is -2.38. The highest BCUT2D eigenvalue weighted by atomic mass is 16.1. The molecule has 0 aromatic rings. The summed E-state index contributed by atoms with van der Waals surface area (Å²) in [4.78, 5) is 11.8. The van der Waals surface area contributed by atoms with E-state index in [1.54, 1.807) is 0 Å².